The van der Waals surface area contributed by atoms with Crippen molar-refractivity contribution in [3.63, 3.8) is 0 Å². The first-order valence-electron chi connectivity index (χ1n) is 13.9. The average molecular weight is 605 g/mol. The molecule has 0 saturated carbocycles. The van der Waals surface area contributed by atoms with Gasteiger partial charge in [0.1, 0.15) is 0 Å². The Balaban J connectivity index is 0.00000353. The average Bonchev–Trinajstić information content (AvgIpc) is 3.11. The van der Waals surface area contributed by atoms with E-state index in [4.69, 9.17) is 6.85 Å². The van der Waals surface area contributed by atoms with Gasteiger partial charge in [-0.2, -0.15) is 0 Å². The van der Waals surface area contributed by atoms with Crippen LogP contribution in [0, 0.1) is 6.07 Å². The van der Waals surface area contributed by atoms with Gasteiger partial charge in [-0.25, -0.2) is 0 Å². The minimum Gasteiger partial charge on any atom is -0.340 e. The Morgan fingerprint density at radius 2 is 1.59 bits per heavy atom. The Hall–Kier alpha value is -2.48. The number of pyridine rings is 1. The fraction of sp³-hybridized carbons (Fsp3) is 0.276. The number of aromatic nitrogens is 2. The van der Waals surface area contributed by atoms with E-state index in [1.807, 2.05) is 45.0 Å². The smallest absolute Gasteiger partial charge is 0.0846 e. The maximum absolute atomic E-state index is 9.35. The molecule has 0 amide bonds. The van der Waals surface area contributed by atoms with Crippen LogP contribution in [0.1, 0.15) is 62.3 Å². The molecule has 0 saturated heterocycles. The molecule has 2 nitrogen and oxygen atoms in total. The topological polar surface area (TPSA) is 17.3 Å². The van der Waals surface area contributed by atoms with Crippen LogP contribution in [0.15, 0.2) is 66.8 Å². The van der Waals surface area contributed by atoms with Crippen LogP contribution in [0.5, 0.6) is 0 Å². The quantitative estimate of drug-likeness (QED) is 0.142. The third-order valence-electron chi connectivity index (χ3n) is 5.68. The van der Waals surface area contributed by atoms with E-state index in [1.165, 1.54) is 4.40 Å². The molecule has 165 valence electrons. The van der Waals surface area contributed by atoms with E-state index >= 15 is 0 Å². The standard InChI is InChI=1S/C29H29N2.Ir/c1-28(2,3)20-13-11-19(12-14-20)24-17-21(29(4,5)6)18-25-22-9-7-8-10-23(22)27-30-15-16-31(27)26(24)25;/h7-9,11-18H,1-6H3;/q-1;/i7D,8D,9D,15D,16D,17D,18D;. The van der Waals surface area contributed by atoms with Gasteiger partial charge in [0.25, 0.3) is 0 Å². The number of rotatable bonds is 1. The van der Waals surface area contributed by atoms with Crippen molar-refractivity contribution in [2.24, 2.45) is 0 Å². The molecule has 1 radical (unpaired) electrons. The SMILES string of the molecule is [2H]c1[c-]c2c(c([2H])c1[2H])c1c([2H])c(C(C)(C)C)c([2H])c(-c3ccc(C(C)(C)C)cc3)c1n1c([2H])c([2H])nc21.[Ir]. The fourth-order valence-electron chi connectivity index (χ4n) is 3.88. The zero-order valence-electron chi connectivity index (χ0n) is 26.0. The predicted octanol–water partition coefficient (Wildman–Crippen LogP) is 7.70. The fourth-order valence-corrected chi connectivity index (χ4v) is 3.88. The maximum Gasteiger partial charge on any atom is 0.0846 e. The van der Waals surface area contributed by atoms with E-state index in [0.29, 0.717) is 27.6 Å². The summed E-state index contributed by atoms with van der Waals surface area (Å²) in [5.41, 5.74) is 2.56. The third-order valence-corrected chi connectivity index (χ3v) is 5.68. The normalized spacial score (nSPS) is 15.5. The molecule has 3 aromatic carbocycles. The summed E-state index contributed by atoms with van der Waals surface area (Å²) in [6.45, 7) is 12.1. The van der Waals surface area contributed by atoms with Gasteiger partial charge < -0.3 is 4.40 Å². The van der Waals surface area contributed by atoms with Gasteiger partial charge in [-0.15, -0.1) is 29.6 Å². The van der Waals surface area contributed by atoms with Crippen LogP contribution in [0.4, 0.5) is 0 Å². The molecule has 0 fully saturated rings. The second-order valence-corrected chi connectivity index (χ2v) is 10.0. The van der Waals surface area contributed by atoms with Crippen LogP contribution in [0.2, 0.25) is 0 Å². The molecule has 0 N–H and O–H groups in total. The minimum atomic E-state index is -0.603. The maximum atomic E-state index is 9.35. The molecule has 32 heavy (non-hydrogen) atoms. The van der Waals surface area contributed by atoms with Crippen molar-refractivity contribution in [1.29, 1.82) is 0 Å². The molecule has 0 atom stereocenters. The molecule has 0 spiro atoms. The van der Waals surface area contributed by atoms with Gasteiger partial charge >= 0.3 is 0 Å². The van der Waals surface area contributed by atoms with Crippen molar-refractivity contribution in [3.8, 4) is 11.1 Å². The monoisotopic (exact) mass is 605 g/mol. The van der Waals surface area contributed by atoms with E-state index < -0.39 is 5.41 Å². The number of benzene rings is 3. The Morgan fingerprint density at radius 1 is 0.906 bits per heavy atom. The second kappa shape index (κ2) is 7.83. The third kappa shape index (κ3) is 3.68. The summed E-state index contributed by atoms with van der Waals surface area (Å²) >= 11 is 0. The van der Waals surface area contributed by atoms with Gasteiger partial charge in [-0.3, -0.25) is 4.98 Å². The van der Waals surface area contributed by atoms with E-state index in [2.05, 4.69) is 31.8 Å². The first kappa shape index (κ1) is 15.4. The molecule has 0 aliphatic rings. The van der Waals surface area contributed by atoms with Crippen molar-refractivity contribution in [1.82, 2.24) is 9.38 Å². The summed E-state index contributed by atoms with van der Waals surface area (Å²) in [6, 6.07) is 10.0. The molecular weight excluding hydrogens is 569 g/mol. The van der Waals surface area contributed by atoms with Gasteiger partial charge in [0.2, 0.25) is 0 Å². The summed E-state index contributed by atoms with van der Waals surface area (Å²) in [5, 5.41) is 0.737. The van der Waals surface area contributed by atoms with E-state index in [-0.39, 0.29) is 84.5 Å². The van der Waals surface area contributed by atoms with Crippen molar-refractivity contribution < 1.29 is 29.7 Å². The predicted molar refractivity (Wildman–Crippen MR) is 132 cm³/mol. The van der Waals surface area contributed by atoms with Crippen molar-refractivity contribution in [2.75, 3.05) is 0 Å². The minimum absolute atomic E-state index is 0. The number of hydrogen-bond donors (Lipinski definition) is 0. The number of hydrogen-bond acceptors (Lipinski definition) is 1. The van der Waals surface area contributed by atoms with Crippen LogP contribution >= 0.6 is 0 Å². The molecule has 5 rings (SSSR count). The second-order valence-electron chi connectivity index (χ2n) is 10.0. The number of fused-ring (bicyclic) bond motifs is 6. The van der Waals surface area contributed by atoms with Gasteiger partial charge in [0.15, 0.2) is 0 Å². The summed E-state index contributed by atoms with van der Waals surface area (Å²) in [4.78, 5) is 4.28. The van der Waals surface area contributed by atoms with Crippen molar-refractivity contribution >= 4 is 27.3 Å². The van der Waals surface area contributed by atoms with Gasteiger partial charge in [-0.1, -0.05) is 77.2 Å². The molecule has 2 aromatic heterocycles. The van der Waals surface area contributed by atoms with Crippen LogP contribution < -0.4 is 0 Å². The molecule has 3 heteroatoms. The number of imidazole rings is 1. The molecule has 5 aromatic rings. The Bertz CT molecular complexity index is 1790. The molecule has 0 aliphatic heterocycles. The molecular formula is C29H29IrN2-. The van der Waals surface area contributed by atoms with E-state index in [1.54, 1.807) is 0 Å². The summed E-state index contributed by atoms with van der Waals surface area (Å²) in [7, 11) is 0. The number of nitrogens with zero attached hydrogens (tertiary/aromatic N) is 2. The molecule has 0 bridgehead atoms. The van der Waals surface area contributed by atoms with Crippen molar-refractivity contribution in [2.45, 2.75) is 52.4 Å². The van der Waals surface area contributed by atoms with E-state index in [0.717, 1.165) is 5.56 Å². The largest absolute Gasteiger partial charge is 0.340 e. The zero-order valence-corrected chi connectivity index (χ0v) is 21.4. The molecule has 2 heterocycles. The first-order valence-corrected chi connectivity index (χ1v) is 10.4. The molecule has 0 aliphatic carbocycles. The van der Waals surface area contributed by atoms with Crippen molar-refractivity contribution in [3.05, 3.63) is 84.0 Å². The van der Waals surface area contributed by atoms with Gasteiger partial charge in [0.05, 0.1) is 11.1 Å². The van der Waals surface area contributed by atoms with Gasteiger partial charge in [-0.05, 0) is 40.3 Å². The van der Waals surface area contributed by atoms with Crippen LogP contribution in [-0.2, 0) is 30.9 Å². The summed E-state index contributed by atoms with van der Waals surface area (Å²) in [5.74, 6) is 0. The molecule has 0 unspecified atom stereocenters. The van der Waals surface area contributed by atoms with Crippen LogP contribution in [-0.4, -0.2) is 9.38 Å². The summed E-state index contributed by atoms with van der Waals surface area (Å²) < 4.78 is 62.4. The Morgan fingerprint density at radius 3 is 2.25 bits per heavy atom. The Labute approximate surface area is 213 Å². The summed E-state index contributed by atoms with van der Waals surface area (Å²) in [6.07, 6.45) is -0.518. The zero-order chi connectivity index (χ0) is 28.1. The van der Waals surface area contributed by atoms with Gasteiger partial charge in [0, 0.05) is 46.3 Å². The first-order chi connectivity index (χ1) is 17.6. The van der Waals surface area contributed by atoms with Crippen LogP contribution in [0.25, 0.3) is 38.4 Å². The van der Waals surface area contributed by atoms with Crippen LogP contribution in [0.3, 0.4) is 0 Å². The van der Waals surface area contributed by atoms with E-state index in [9.17, 15) is 2.74 Å². The Kier molecular flexibility index (Phi) is 3.76.